The van der Waals surface area contributed by atoms with Crippen LogP contribution in [0.2, 0.25) is 0 Å². The van der Waals surface area contributed by atoms with Crippen molar-refractivity contribution in [1.29, 1.82) is 0 Å². The SMILES string of the molecule is CC(C)(CCN)NC(=O)c1ccc2nccnc2c1. The predicted molar refractivity (Wildman–Crippen MR) is 74.8 cm³/mol. The fourth-order valence-corrected chi connectivity index (χ4v) is 1.91. The number of nitrogens with two attached hydrogens (primary N) is 1. The number of nitrogens with one attached hydrogen (secondary N) is 1. The number of amides is 1. The number of nitrogens with zero attached hydrogens (tertiary/aromatic N) is 2. The van der Waals surface area contributed by atoms with Gasteiger partial charge in [0.05, 0.1) is 11.0 Å². The monoisotopic (exact) mass is 258 g/mol. The summed E-state index contributed by atoms with van der Waals surface area (Å²) in [6.07, 6.45) is 3.97. The first-order valence-electron chi connectivity index (χ1n) is 6.25. The van der Waals surface area contributed by atoms with Crippen molar-refractivity contribution in [2.45, 2.75) is 25.8 Å². The molecule has 3 N–H and O–H groups in total. The summed E-state index contributed by atoms with van der Waals surface area (Å²) in [4.78, 5) is 20.5. The average molecular weight is 258 g/mol. The molecule has 1 aromatic carbocycles. The van der Waals surface area contributed by atoms with Crippen LogP contribution in [0.3, 0.4) is 0 Å². The zero-order chi connectivity index (χ0) is 13.9. The first-order chi connectivity index (χ1) is 9.02. The Kier molecular flexibility index (Phi) is 3.76. The first kappa shape index (κ1) is 13.4. The van der Waals surface area contributed by atoms with E-state index in [2.05, 4.69) is 15.3 Å². The molecule has 0 aliphatic heterocycles. The Hall–Kier alpha value is -2.01. The maximum absolute atomic E-state index is 12.2. The Bertz CT molecular complexity index is 595. The second-order valence-electron chi connectivity index (χ2n) is 5.14. The number of benzene rings is 1. The lowest BCUT2D eigenvalue weighted by molar-refractivity contribution is 0.0910. The van der Waals surface area contributed by atoms with Gasteiger partial charge in [0.1, 0.15) is 0 Å². The summed E-state index contributed by atoms with van der Waals surface area (Å²) in [7, 11) is 0. The molecule has 5 nitrogen and oxygen atoms in total. The Morgan fingerprint density at radius 1 is 1.26 bits per heavy atom. The van der Waals surface area contributed by atoms with Crippen molar-refractivity contribution >= 4 is 16.9 Å². The molecule has 0 saturated carbocycles. The number of hydrogen-bond donors (Lipinski definition) is 2. The minimum atomic E-state index is -0.316. The summed E-state index contributed by atoms with van der Waals surface area (Å²) in [6, 6.07) is 5.30. The third kappa shape index (κ3) is 3.26. The highest BCUT2D eigenvalue weighted by atomic mass is 16.1. The van der Waals surface area contributed by atoms with Crippen molar-refractivity contribution < 1.29 is 4.79 Å². The highest BCUT2D eigenvalue weighted by Gasteiger charge is 2.20. The van der Waals surface area contributed by atoms with Crippen molar-refractivity contribution in [3.8, 4) is 0 Å². The van der Waals surface area contributed by atoms with Gasteiger partial charge in [0, 0.05) is 23.5 Å². The van der Waals surface area contributed by atoms with E-state index in [1.165, 1.54) is 0 Å². The summed E-state index contributed by atoms with van der Waals surface area (Å²) >= 11 is 0. The van der Waals surface area contributed by atoms with Crippen molar-refractivity contribution in [2.24, 2.45) is 5.73 Å². The molecule has 19 heavy (non-hydrogen) atoms. The lowest BCUT2D eigenvalue weighted by atomic mass is 10.00. The Morgan fingerprint density at radius 2 is 1.95 bits per heavy atom. The Morgan fingerprint density at radius 3 is 2.63 bits per heavy atom. The number of fused-ring (bicyclic) bond motifs is 1. The Labute approximate surface area is 112 Å². The number of hydrogen-bond acceptors (Lipinski definition) is 4. The molecule has 0 aliphatic rings. The summed E-state index contributed by atoms with van der Waals surface area (Å²) < 4.78 is 0. The first-order valence-corrected chi connectivity index (χ1v) is 6.25. The lowest BCUT2D eigenvalue weighted by Gasteiger charge is -2.25. The molecule has 0 spiro atoms. The quantitative estimate of drug-likeness (QED) is 0.870. The molecule has 2 aromatic rings. The van der Waals surface area contributed by atoms with E-state index in [-0.39, 0.29) is 11.4 Å². The molecular formula is C14H18N4O. The molecule has 100 valence electrons. The molecule has 2 rings (SSSR count). The van der Waals surface area contributed by atoms with Gasteiger partial charge in [-0.1, -0.05) is 0 Å². The van der Waals surface area contributed by atoms with Gasteiger partial charge in [-0.05, 0) is 45.0 Å². The van der Waals surface area contributed by atoms with Gasteiger partial charge in [-0.3, -0.25) is 14.8 Å². The van der Waals surface area contributed by atoms with E-state index in [1.807, 2.05) is 13.8 Å². The third-order valence-corrected chi connectivity index (χ3v) is 2.95. The van der Waals surface area contributed by atoms with Crippen LogP contribution in [-0.2, 0) is 0 Å². The predicted octanol–water partition coefficient (Wildman–Crippen LogP) is 1.49. The fraction of sp³-hybridized carbons (Fsp3) is 0.357. The summed E-state index contributed by atoms with van der Waals surface area (Å²) in [6.45, 7) is 4.45. The van der Waals surface area contributed by atoms with Crippen LogP contribution in [0.5, 0.6) is 0 Å². The van der Waals surface area contributed by atoms with Crippen LogP contribution in [0.25, 0.3) is 11.0 Å². The van der Waals surface area contributed by atoms with Crippen molar-refractivity contribution in [3.63, 3.8) is 0 Å². The van der Waals surface area contributed by atoms with Gasteiger partial charge in [0.15, 0.2) is 0 Å². The van der Waals surface area contributed by atoms with Crippen LogP contribution >= 0.6 is 0 Å². The van der Waals surface area contributed by atoms with E-state index < -0.39 is 0 Å². The summed E-state index contributed by atoms with van der Waals surface area (Å²) in [5.41, 5.74) is 7.29. The molecule has 0 fully saturated rings. The van der Waals surface area contributed by atoms with Gasteiger partial charge < -0.3 is 11.1 Å². The minimum absolute atomic E-state index is 0.119. The van der Waals surface area contributed by atoms with E-state index in [9.17, 15) is 4.79 Å². The lowest BCUT2D eigenvalue weighted by Crippen LogP contribution is -2.44. The minimum Gasteiger partial charge on any atom is -0.347 e. The van der Waals surface area contributed by atoms with Crippen molar-refractivity contribution in [3.05, 3.63) is 36.2 Å². The van der Waals surface area contributed by atoms with E-state index in [0.29, 0.717) is 17.6 Å². The van der Waals surface area contributed by atoms with E-state index in [4.69, 9.17) is 5.73 Å². The number of aromatic nitrogens is 2. The van der Waals surface area contributed by atoms with Crippen LogP contribution in [0.15, 0.2) is 30.6 Å². The standard InChI is InChI=1S/C14H18N4O/c1-14(2,5-6-15)18-13(19)10-3-4-11-12(9-10)17-8-7-16-11/h3-4,7-9H,5-6,15H2,1-2H3,(H,18,19). The summed E-state index contributed by atoms with van der Waals surface area (Å²) in [5.74, 6) is -0.119. The smallest absolute Gasteiger partial charge is 0.251 e. The fourth-order valence-electron chi connectivity index (χ4n) is 1.91. The van der Waals surface area contributed by atoms with Gasteiger partial charge in [0.25, 0.3) is 5.91 Å². The Balaban J connectivity index is 2.22. The maximum atomic E-state index is 12.2. The average Bonchev–Trinajstić information content (AvgIpc) is 2.37. The van der Waals surface area contributed by atoms with Crippen LogP contribution in [0, 0.1) is 0 Å². The maximum Gasteiger partial charge on any atom is 0.251 e. The molecule has 0 bridgehead atoms. The molecular weight excluding hydrogens is 240 g/mol. The van der Waals surface area contributed by atoms with Gasteiger partial charge in [0.2, 0.25) is 0 Å². The molecule has 0 atom stereocenters. The van der Waals surface area contributed by atoms with Crippen LogP contribution in [0.4, 0.5) is 0 Å². The zero-order valence-corrected chi connectivity index (χ0v) is 11.2. The normalized spacial score (nSPS) is 11.5. The highest BCUT2D eigenvalue weighted by molar-refractivity contribution is 5.97. The molecule has 5 heteroatoms. The largest absolute Gasteiger partial charge is 0.347 e. The van der Waals surface area contributed by atoms with Crippen LogP contribution in [-0.4, -0.2) is 28.0 Å². The van der Waals surface area contributed by atoms with E-state index >= 15 is 0 Å². The second kappa shape index (κ2) is 5.32. The van der Waals surface area contributed by atoms with Gasteiger partial charge in [-0.25, -0.2) is 0 Å². The topological polar surface area (TPSA) is 80.9 Å². The molecule has 1 aromatic heterocycles. The molecule has 0 aliphatic carbocycles. The molecule has 1 heterocycles. The van der Waals surface area contributed by atoms with Crippen molar-refractivity contribution in [1.82, 2.24) is 15.3 Å². The molecule has 1 amide bonds. The van der Waals surface area contributed by atoms with Gasteiger partial charge >= 0.3 is 0 Å². The molecule has 0 saturated heterocycles. The molecule has 0 radical (unpaired) electrons. The van der Waals surface area contributed by atoms with Crippen LogP contribution < -0.4 is 11.1 Å². The third-order valence-electron chi connectivity index (χ3n) is 2.95. The van der Waals surface area contributed by atoms with E-state index in [1.54, 1.807) is 30.6 Å². The second-order valence-corrected chi connectivity index (χ2v) is 5.14. The molecule has 0 unspecified atom stereocenters. The number of carbonyl (C=O) groups is 1. The zero-order valence-electron chi connectivity index (χ0n) is 11.2. The van der Waals surface area contributed by atoms with Crippen molar-refractivity contribution in [2.75, 3.05) is 6.54 Å². The number of rotatable bonds is 4. The number of carbonyl (C=O) groups excluding carboxylic acids is 1. The highest BCUT2D eigenvalue weighted by Crippen LogP contribution is 2.13. The van der Waals surface area contributed by atoms with Gasteiger partial charge in [-0.2, -0.15) is 0 Å². The van der Waals surface area contributed by atoms with Gasteiger partial charge in [-0.15, -0.1) is 0 Å². The summed E-state index contributed by atoms with van der Waals surface area (Å²) in [5, 5.41) is 2.97. The van der Waals surface area contributed by atoms with Crippen LogP contribution in [0.1, 0.15) is 30.6 Å². The van der Waals surface area contributed by atoms with E-state index in [0.717, 1.165) is 11.9 Å².